The summed E-state index contributed by atoms with van der Waals surface area (Å²) >= 11 is 0. The number of hydrogen-bond acceptors (Lipinski definition) is 12. The van der Waals surface area contributed by atoms with Crippen LogP contribution in [-0.2, 0) is 47.1 Å². The summed E-state index contributed by atoms with van der Waals surface area (Å²) < 4.78 is 47.9. The lowest BCUT2D eigenvalue weighted by Crippen LogP contribution is -2.42. The molecule has 2 N–H and O–H groups in total. The van der Waals surface area contributed by atoms with Gasteiger partial charge in [-0.05, 0) is 26.7 Å². The van der Waals surface area contributed by atoms with Crippen molar-refractivity contribution in [3.05, 3.63) is 0 Å². The Morgan fingerprint density at radius 2 is 0.855 bits per heavy atom. The van der Waals surface area contributed by atoms with Crippen molar-refractivity contribution in [3.8, 4) is 0 Å². The molecule has 0 aliphatic carbocycles. The van der Waals surface area contributed by atoms with Crippen LogP contribution in [0.25, 0.3) is 0 Å². The molecule has 0 fully saturated rings. The average molecular weight is 811 g/mol. The highest BCUT2D eigenvalue weighted by molar-refractivity contribution is 7.46. The van der Waals surface area contributed by atoms with Gasteiger partial charge in [-0.3, -0.25) is 14.1 Å². The Kier molecular flexibility index (Phi) is 34.4. The number of carbonyl (C=O) groups is 4. The van der Waals surface area contributed by atoms with Gasteiger partial charge in [-0.1, -0.05) is 142 Å². The first-order valence-corrected chi connectivity index (χ1v) is 22.7. The second-order valence-electron chi connectivity index (χ2n) is 14.1. The van der Waals surface area contributed by atoms with Crippen LogP contribution >= 0.6 is 7.82 Å². The Balaban J connectivity index is 5.58. The first-order chi connectivity index (χ1) is 26.4. The summed E-state index contributed by atoms with van der Waals surface area (Å²) in [4.78, 5) is 69.4. The van der Waals surface area contributed by atoms with Gasteiger partial charge in [-0.2, -0.15) is 0 Å². The van der Waals surface area contributed by atoms with Crippen LogP contribution in [0.1, 0.15) is 188 Å². The molecule has 0 saturated carbocycles. The fourth-order valence-corrected chi connectivity index (χ4v) is 6.35. The fourth-order valence-electron chi connectivity index (χ4n) is 6.00. The number of carbonyl (C=O) groups excluding carboxylic acids is 4. The highest BCUT2D eigenvalue weighted by atomic mass is 31.2. The number of phosphoric ester groups is 1. The lowest BCUT2D eigenvalue weighted by atomic mass is 10.0. The molecule has 0 aromatic heterocycles. The van der Waals surface area contributed by atoms with Crippen molar-refractivity contribution in [2.75, 3.05) is 26.4 Å². The maximum absolute atomic E-state index is 13.2. The number of phosphoric acid groups is 1. The lowest BCUT2D eigenvalue weighted by molar-refractivity contribution is -0.174. The molecule has 0 radical (unpaired) electrons. The smallest absolute Gasteiger partial charge is 0.458 e. The van der Waals surface area contributed by atoms with Gasteiger partial charge in [0.2, 0.25) is 0 Å². The monoisotopic (exact) mass is 810 g/mol. The average Bonchev–Trinajstić information content (AvgIpc) is 3.13. The highest BCUT2D eigenvalue weighted by Crippen LogP contribution is 2.36. The predicted molar refractivity (Wildman–Crippen MR) is 209 cm³/mol. The summed E-state index contributed by atoms with van der Waals surface area (Å²) in [7, 11) is -5.05. The summed E-state index contributed by atoms with van der Waals surface area (Å²) in [5.74, 6) is -1.32. The number of hydrogen-bond donors (Lipinski definition) is 2. The minimum atomic E-state index is -5.05. The second kappa shape index (κ2) is 36.0. The van der Waals surface area contributed by atoms with E-state index in [4.69, 9.17) is 32.9 Å². The van der Waals surface area contributed by atoms with E-state index in [2.05, 4.69) is 13.8 Å². The van der Waals surface area contributed by atoms with Crippen molar-refractivity contribution in [2.45, 2.75) is 207 Å². The van der Waals surface area contributed by atoms with Gasteiger partial charge >= 0.3 is 32.1 Å². The van der Waals surface area contributed by atoms with Gasteiger partial charge in [-0.25, -0.2) is 14.2 Å². The van der Waals surface area contributed by atoms with Crippen LogP contribution in [0.3, 0.4) is 0 Å². The van der Waals surface area contributed by atoms with Crippen LogP contribution in [0.2, 0.25) is 0 Å². The predicted octanol–water partition coefficient (Wildman–Crippen LogP) is 10.4. The Morgan fingerprint density at radius 3 is 1.25 bits per heavy atom. The SMILES string of the molecule is CCCCCCCCCCCCCC(=O)OC(COP(=O)(O)O)C(CC(COC(=O)OCC)OC(=O)OCC)OC(=O)CCCCCCCCCCCCC. The zero-order chi connectivity index (χ0) is 41.0. The van der Waals surface area contributed by atoms with Crippen molar-refractivity contribution in [1.29, 1.82) is 0 Å². The molecule has 0 rings (SSSR count). The van der Waals surface area contributed by atoms with E-state index in [0.29, 0.717) is 12.8 Å². The molecule has 0 saturated heterocycles. The minimum absolute atomic E-state index is 0.0168. The van der Waals surface area contributed by atoms with Crippen LogP contribution in [0.5, 0.6) is 0 Å². The molecule has 3 atom stereocenters. The summed E-state index contributed by atoms with van der Waals surface area (Å²) in [6, 6.07) is 0. The van der Waals surface area contributed by atoms with Crippen LogP contribution in [0.4, 0.5) is 9.59 Å². The molecule has 0 spiro atoms. The maximum Gasteiger partial charge on any atom is 0.508 e. The van der Waals surface area contributed by atoms with E-state index in [0.717, 1.165) is 51.4 Å². The Bertz CT molecular complexity index is 1020. The lowest BCUT2D eigenvalue weighted by Gasteiger charge is -2.29. The molecular weight excluding hydrogens is 735 g/mol. The van der Waals surface area contributed by atoms with Crippen LogP contribution < -0.4 is 0 Å². The van der Waals surface area contributed by atoms with Crippen LogP contribution in [0, 0.1) is 0 Å². The molecule has 0 aromatic rings. The topological polar surface area (TPSA) is 190 Å². The van der Waals surface area contributed by atoms with Crippen LogP contribution in [0.15, 0.2) is 0 Å². The van der Waals surface area contributed by atoms with Crippen molar-refractivity contribution < 1.29 is 66.5 Å². The van der Waals surface area contributed by atoms with Crippen molar-refractivity contribution >= 4 is 32.1 Å². The Labute approximate surface area is 331 Å². The van der Waals surface area contributed by atoms with E-state index in [1.807, 2.05) is 0 Å². The molecule has 55 heavy (non-hydrogen) atoms. The molecule has 0 aliphatic rings. The fraction of sp³-hybridized carbons (Fsp3) is 0.900. The molecule has 3 unspecified atom stereocenters. The maximum atomic E-state index is 13.2. The summed E-state index contributed by atoms with van der Waals surface area (Å²) in [5, 5.41) is 0. The molecule has 0 aromatic carbocycles. The molecule has 0 bridgehead atoms. The van der Waals surface area contributed by atoms with Crippen molar-refractivity contribution in [1.82, 2.24) is 0 Å². The van der Waals surface area contributed by atoms with E-state index >= 15 is 0 Å². The number of rotatable bonds is 37. The Hall–Kier alpha value is -2.41. The van der Waals surface area contributed by atoms with E-state index in [9.17, 15) is 33.5 Å². The van der Waals surface area contributed by atoms with Gasteiger partial charge in [-0.15, -0.1) is 0 Å². The third-order valence-electron chi connectivity index (χ3n) is 9.03. The second-order valence-corrected chi connectivity index (χ2v) is 15.3. The summed E-state index contributed by atoms with van der Waals surface area (Å²) in [6.07, 6.45) is 17.3. The van der Waals surface area contributed by atoms with Crippen LogP contribution in [-0.4, -0.2) is 78.8 Å². The first kappa shape index (κ1) is 52.6. The quantitative estimate of drug-likeness (QED) is 0.0261. The minimum Gasteiger partial charge on any atom is -0.458 e. The number of ether oxygens (including phenoxy) is 6. The molecule has 324 valence electrons. The van der Waals surface area contributed by atoms with E-state index < -0.39 is 63.6 Å². The van der Waals surface area contributed by atoms with Gasteiger partial charge in [0.1, 0.15) is 18.8 Å². The molecule has 15 heteroatoms. The zero-order valence-electron chi connectivity index (χ0n) is 34.5. The van der Waals surface area contributed by atoms with E-state index in [1.54, 1.807) is 13.8 Å². The van der Waals surface area contributed by atoms with Gasteiger partial charge in [0.15, 0.2) is 6.10 Å². The van der Waals surface area contributed by atoms with Gasteiger partial charge in [0.05, 0.1) is 19.8 Å². The normalized spacial score (nSPS) is 13.1. The molecule has 0 aliphatic heterocycles. The van der Waals surface area contributed by atoms with Gasteiger partial charge in [0.25, 0.3) is 0 Å². The Morgan fingerprint density at radius 1 is 0.473 bits per heavy atom. The molecule has 0 heterocycles. The summed E-state index contributed by atoms with van der Waals surface area (Å²) in [5.41, 5.74) is 0. The third-order valence-corrected chi connectivity index (χ3v) is 9.51. The van der Waals surface area contributed by atoms with Crippen molar-refractivity contribution in [3.63, 3.8) is 0 Å². The first-order valence-electron chi connectivity index (χ1n) is 21.2. The van der Waals surface area contributed by atoms with E-state index in [-0.39, 0.29) is 32.5 Å². The standard InChI is InChI=1S/C40H75O14P/c1-5-9-11-13-15-17-19-21-23-25-27-29-37(41)53-35(31-34(52-40(44)49-8-4)32-50-39(43)48-7-3)36(33-51-55(45,46)47)54-38(42)30-28-26-24-22-20-18-16-14-12-10-6-2/h34-36H,5-33H2,1-4H3,(H2,45,46,47). The molecule has 0 amide bonds. The molecular formula is C40H75O14P. The van der Waals surface area contributed by atoms with Gasteiger partial charge in [0, 0.05) is 19.3 Å². The number of unbranched alkanes of at least 4 members (excludes halogenated alkanes) is 20. The number of esters is 2. The largest absolute Gasteiger partial charge is 0.508 e. The third kappa shape index (κ3) is 34.6. The van der Waals surface area contributed by atoms with Crippen molar-refractivity contribution in [2.24, 2.45) is 0 Å². The summed E-state index contributed by atoms with van der Waals surface area (Å²) in [6.45, 7) is 6.19. The van der Waals surface area contributed by atoms with E-state index in [1.165, 1.54) is 77.0 Å². The molecule has 14 nitrogen and oxygen atoms in total. The van der Waals surface area contributed by atoms with Gasteiger partial charge < -0.3 is 38.2 Å². The zero-order valence-corrected chi connectivity index (χ0v) is 35.4. The highest BCUT2D eigenvalue weighted by Gasteiger charge is 2.35.